The van der Waals surface area contributed by atoms with E-state index in [0.717, 1.165) is 16.6 Å². The van der Waals surface area contributed by atoms with Crippen molar-refractivity contribution in [1.82, 2.24) is 20.5 Å². The van der Waals surface area contributed by atoms with E-state index in [1.54, 1.807) is 11.1 Å². The molecule has 0 saturated carbocycles. The molecule has 1 aromatic heterocycles. The number of piperazine rings is 1. The van der Waals surface area contributed by atoms with Crippen molar-refractivity contribution >= 4 is 46.0 Å². The van der Waals surface area contributed by atoms with Crippen LogP contribution in [0.4, 0.5) is 10.5 Å². The van der Waals surface area contributed by atoms with Gasteiger partial charge in [-0.25, -0.2) is 4.79 Å². The van der Waals surface area contributed by atoms with Crippen LogP contribution in [0.15, 0.2) is 30.5 Å². The zero-order valence-corrected chi connectivity index (χ0v) is 15.9. The van der Waals surface area contributed by atoms with Gasteiger partial charge in [0.05, 0.1) is 5.52 Å². The van der Waals surface area contributed by atoms with Crippen LogP contribution in [0.25, 0.3) is 10.9 Å². The summed E-state index contributed by atoms with van der Waals surface area (Å²) >= 11 is 6.06. The third kappa shape index (κ3) is 3.73. The Labute approximate surface area is 166 Å². The Morgan fingerprint density at radius 3 is 2.71 bits per heavy atom. The fourth-order valence-electron chi connectivity index (χ4n) is 3.69. The Morgan fingerprint density at radius 1 is 1.14 bits per heavy atom. The molecule has 0 bridgehead atoms. The Balaban J connectivity index is 1.44. The average Bonchev–Trinajstić information content (AvgIpc) is 2.87. The molecule has 146 valence electrons. The third-order valence-electron chi connectivity index (χ3n) is 5.13. The minimum atomic E-state index is -0.665. The van der Waals surface area contributed by atoms with Crippen LogP contribution in [0.1, 0.15) is 12.8 Å². The molecule has 4 amide bonds. The minimum Gasteiger partial charge on any atom is -0.367 e. The number of carbonyl (C=O) groups excluding carboxylic acids is 3. The van der Waals surface area contributed by atoms with Crippen molar-refractivity contribution in [3.63, 3.8) is 0 Å². The first-order valence-electron chi connectivity index (χ1n) is 9.19. The number of fused-ring (bicyclic) bond motifs is 1. The topological polar surface area (TPSA) is 94.6 Å². The van der Waals surface area contributed by atoms with Gasteiger partial charge in [0.15, 0.2) is 0 Å². The van der Waals surface area contributed by atoms with Crippen LogP contribution in [-0.2, 0) is 9.59 Å². The van der Waals surface area contributed by atoms with Crippen molar-refractivity contribution in [3.8, 4) is 0 Å². The number of carbonyl (C=O) groups is 3. The van der Waals surface area contributed by atoms with Gasteiger partial charge in [0, 0.05) is 54.9 Å². The van der Waals surface area contributed by atoms with Crippen LogP contribution in [0.3, 0.4) is 0 Å². The molecule has 2 aliphatic rings. The van der Waals surface area contributed by atoms with E-state index in [-0.39, 0.29) is 18.2 Å². The van der Waals surface area contributed by atoms with E-state index in [1.165, 1.54) is 0 Å². The van der Waals surface area contributed by atoms with Crippen molar-refractivity contribution in [2.24, 2.45) is 0 Å². The van der Waals surface area contributed by atoms with E-state index in [0.29, 0.717) is 37.6 Å². The van der Waals surface area contributed by atoms with Crippen molar-refractivity contribution in [2.45, 2.75) is 18.9 Å². The van der Waals surface area contributed by atoms with Crippen molar-refractivity contribution in [1.29, 1.82) is 0 Å². The molecule has 28 heavy (non-hydrogen) atoms. The first kappa shape index (κ1) is 18.5. The molecule has 2 fully saturated rings. The number of urea groups is 1. The van der Waals surface area contributed by atoms with E-state index >= 15 is 0 Å². The lowest BCUT2D eigenvalue weighted by atomic mass is 10.1. The molecule has 2 aromatic rings. The highest BCUT2D eigenvalue weighted by Gasteiger charge is 2.31. The van der Waals surface area contributed by atoms with Gasteiger partial charge in [0.25, 0.3) is 0 Å². The van der Waals surface area contributed by atoms with Crippen LogP contribution < -0.4 is 15.5 Å². The largest absolute Gasteiger partial charge is 0.367 e. The number of nitrogens with one attached hydrogen (secondary N) is 2. The maximum atomic E-state index is 12.8. The summed E-state index contributed by atoms with van der Waals surface area (Å²) in [7, 11) is 0. The number of hydrogen-bond acceptors (Lipinski definition) is 5. The zero-order valence-electron chi connectivity index (χ0n) is 15.2. The molecule has 0 unspecified atom stereocenters. The van der Waals surface area contributed by atoms with Gasteiger partial charge in [0.2, 0.25) is 11.8 Å². The molecule has 3 heterocycles. The lowest BCUT2D eigenvalue weighted by Crippen LogP contribution is -2.55. The standard InChI is InChI=1S/C19H20ClN5O3/c20-12-1-2-13-15(11-12)21-6-5-16(13)24-7-9-25(10-8-24)18(27)14-3-4-17(26)23-19(28)22-14/h1-2,5-6,11,14H,3-4,7-10H2,(H2,22,23,26,28)/t14-/m0/s1. The Bertz CT molecular complexity index is 942. The van der Waals surface area contributed by atoms with E-state index in [2.05, 4.69) is 20.5 Å². The van der Waals surface area contributed by atoms with Crippen molar-refractivity contribution in [3.05, 3.63) is 35.5 Å². The molecule has 4 rings (SSSR count). The second-order valence-corrected chi connectivity index (χ2v) is 7.35. The van der Waals surface area contributed by atoms with Gasteiger partial charge in [-0.3, -0.25) is 19.9 Å². The van der Waals surface area contributed by atoms with E-state index in [4.69, 9.17) is 11.6 Å². The first-order chi connectivity index (χ1) is 13.5. The van der Waals surface area contributed by atoms with E-state index < -0.39 is 12.1 Å². The highest BCUT2D eigenvalue weighted by atomic mass is 35.5. The summed E-state index contributed by atoms with van der Waals surface area (Å²) in [5.41, 5.74) is 1.90. The SMILES string of the molecule is O=C1CC[C@@H](C(=O)N2CCN(c3ccnc4cc(Cl)ccc34)CC2)NC(=O)N1. The van der Waals surface area contributed by atoms with Gasteiger partial charge in [-0.15, -0.1) is 0 Å². The van der Waals surface area contributed by atoms with Crippen LogP contribution in [0, 0.1) is 0 Å². The molecule has 0 radical (unpaired) electrons. The quantitative estimate of drug-likeness (QED) is 0.795. The zero-order chi connectivity index (χ0) is 19.7. The van der Waals surface area contributed by atoms with Gasteiger partial charge in [-0.05, 0) is 30.7 Å². The lowest BCUT2D eigenvalue weighted by molar-refractivity contribution is -0.133. The van der Waals surface area contributed by atoms with E-state index in [9.17, 15) is 14.4 Å². The number of halogens is 1. The Morgan fingerprint density at radius 2 is 1.93 bits per heavy atom. The molecule has 1 aromatic carbocycles. The number of aromatic nitrogens is 1. The minimum absolute atomic E-state index is 0.143. The number of rotatable bonds is 2. The lowest BCUT2D eigenvalue weighted by Gasteiger charge is -2.37. The van der Waals surface area contributed by atoms with Gasteiger partial charge in [0.1, 0.15) is 6.04 Å². The predicted molar refractivity (Wildman–Crippen MR) is 105 cm³/mol. The number of amides is 4. The smallest absolute Gasteiger partial charge is 0.322 e. The number of hydrogen-bond donors (Lipinski definition) is 2. The summed E-state index contributed by atoms with van der Waals surface area (Å²) < 4.78 is 0. The third-order valence-corrected chi connectivity index (χ3v) is 5.37. The number of anilines is 1. The van der Waals surface area contributed by atoms with Crippen molar-refractivity contribution in [2.75, 3.05) is 31.1 Å². The molecule has 9 heteroatoms. The van der Waals surface area contributed by atoms with Gasteiger partial charge >= 0.3 is 6.03 Å². The van der Waals surface area contributed by atoms with Gasteiger partial charge in [-0.1, -0.05) is 11.6 Å². The summed E-state index contributed by atoms with van der Waals surface area (Å²) in [4.78, 5) is 44.2. The molecule has 0 aliphatic carbocycles. The predicted octanol–water partition coefficient (Wildman–Crippen LogP) is 1.52. The van der Waals surface area contributed by atoms with Crippen LogP contribution in [0.5, 0.6) is 0 Å². The molecular formula is C19H20ClN5O3. The second kappa shape index (κ2) is 7.63. The number of pyridine rings is 1. The Kier molecular flexibility index (Phi) is 5.04. The fraction of sp³-hybridized carbons (Fsp3) is 0.368. The van der Waals surface area contributed by atoms with Gasteiger partial charge < -0.3 is 15.1 Å². The van der Waals surface area contributed by atoms with Crippen LogP contribution in [-0.4, -0.2) is 60.0 Å². The molecule has 2 saturated heterocycles. The molecule has 1 atom stereocenters. The molecular weight excluding hydrogens is 382 g/mol. The molecule has 2 N–H and O–H groups in total. The summed E-state index contributed by atoms with van der Waals surface area (Å²) in [6.07, 6.45) is 2.23. The fourth-order valence-corrected chi connectivity index (χ4v) is 3.85. The maximum absolute atomic E-state index is 12.8. The normalized spacial score (nSPS) is 20.5. The number of nitrogens with zero attached hydrogens (tertiary/aromatic N) is 3. The highest BCUT2D eigenvalue weighted by molar-refractivity contribution is 6.31. The molecule has 2 aliphatic heterocycles. The summed E-state index contributed by atoms with van der Waals surface area (Å²) in [6, 6.07) is 6.34. The average molecular weight is 402 g/mol. The summed E-state index contributed by atoms with van der Waals surface area (Å²) in [6.45, 7) is 2.44. The van der Waals surface area contributed by atoms with Crippen molar-refractivity contribution < 1.29 is 14.4 Å². The molecule has 0 spiro atoms. The summed E-state index contributed by atoms with van der Waals surface area (Å²) in [5.74, 6) is -0.502. The Hall–Kier alpha value is -2.87. The summed E-state index contributed by atoms with van der Waals surface area (Å²) in [5, 5.41) is 6.44. The van der Waals surface area contributed by atoms with Crippen LogP contribution >= 0.6 is 11.6 Å². The van der Waals surface area contributed by atoms with Gasteiger partial charge in [-0.2, -0.15) is 0 Å². The van der Waals surface area contributed by atoms with E-state index in [1.807, 2.05) is 24.3 Å². The maximum Gasteiger partial charge on any atom is 0.322 e. The molecule has 8 nitrogen and oxygen atoms in total. The van der Waals surface area contributed by atoms with Crippen LogP contribution in [0.2, 0.25) is 5.02 Å². The number of imide groups is 1. The number of benzene rings is 1. The highest BCUT2D eigenvalue weighted by Crippen LogP contribution is 2.28. The first-order valence-corrected chi connectivity index (χ1v) is 9.57. The second-order valence-electron chi connectivity index (χ2n) is 6.92. The monoisotopic (exact) mass is 401 g/mol.